The molecular weight excluding hydrogens is 348 g/mol. The molecule has 1 aromatic heterocycles. The van der Waals surface area contributed by atoms with Crippen molar-refractivity contribution in [2.75, 3.05) is 37.8 Å². The van der Waals surface area contributed by atoms with Gasteiger partial charge in [0.15, 0.2) is 0 Å². The zero-order chi connectivity index (χ0) is 18.4. The third-order valence-corrected chi connectivity index (χ3v) is 5.44. The highest BCUT2D eigenvalue weighted by atomic mass is 32.2. The molecule has 2 atom stereocenters. The number of ether oxygens (including phenoxy) is 2. The summed E-state index contributed by atoms with van der Waals surface area (Å²) in [7, 11) is -2.01. The lowest BCUT2D eigenvalue weighted by molar-refractivity contribution is -0.0440. The predicted octanol–water partition coefficient (Wildman–Crippen LogP) is 0.651. The van der Waals surface area contributed by atoms with Crippen LogP contribution in [0.2, 0.25) is 0 Å². The minimum Gasteiger partial charge on any atom is -0.480 e. The van der Waals surface area contributed by atoms with Gasteiger partial charge in [0.05, 0.1) is 25.1 Å². The SMILES string of the molecule is COc1ncccc1NC(=O)NCCS(=O)(=O)N1C[C@H](C)O[C@@H](C)C1. The number of pyridine rings is 1. The Balaban J connectivity index is 1.84. The third-order valence-electron chi connectivity index (χ3n) is 3.64. The molecule has 2 amide bonds. The number of hydrogen-bond donors (Lipinski definition) is 2. The van der Waals surface area contributed by atoms with Crippen molar-refractivity contribution in [3.63, 3.8) is 0 Å². The van der Waals surface area contributed by atoms with E-state index in [0.717, 1.165) is 0 Å². The molecule has 140 valence electrons. The van der Waals surface area contributed by atoms with Crippen molar-refractivity contribution in [3.8, 4) is 5.88 Å². The van der Waals surface area contributed by atoms with Crippen LogP contribution in [0.3, 0.4) is 0 Å². The number of aromatic nitrogens is 1. The van der Waals surface area contributed by atoms with Crippen LogP contribution in [-0.4, -0.2) is 68.4 Å². The van der Waals surface area contributed by atoms with E-state index in [1.807, 2.05) is 13.8 Å². The first-order valence-electron chi connectivity index (χ1n) is 7.99. The summed E-state index contributed by atoms with van der Waals surface area (Å²) in [6.07, 6.45) is 1.25. The maximum Gasteiger partial charge on any atom is 0.319 e. The summed E-state index contributed by atoms with van der Waals surface area (Å²) in [5, 5.41) is 5.11. The van der Waals surface area contributed by atoms with Crippen LogP contribution in [-0.2, 0) is 14.8 Å². The Morgan fingerprint density at radius 3 is 2.72 bits per heavy atom. The molecule has 0 radical (unpaired) electrons. The normalized spacial score (nSPS) is 21.6. The molecule has 0 saturated carbocycles. The van der Waals surface area contributed by atoms with Gasteiger partial charge in [-0.05, 0) is 26.0 Å². The summed E-state index contributed by atoms with van der Waals surface area (Å²) >= 11 is 0. The Morgan fingerprint density at radius 2 is 2.08 bits per heavy atom. The van der Waals surface area contributed by atoms with Gasteiger partial charge >= 0.3 is 6.03 Å². The lowest BCUT2D eigenvalue weighted by Gasteiger charge is -2.34. The minimum absolute atomic E-state index is 0.00311. The number of nitrogens with one attached hydrogen (secondary N) is 2. The van der Waals surface area contributed by atoms with Gasteiger partial charge < -0.3 is 20.1 Å². The number of morpholine rings is 1. The number of rotatable bonds is 6. The highest BCUT2D eigenvalue weighted by Crippen LogP contribution is 2.19. The van der Waals surface area contributed by atoms with E-state index < -0.39 is 16.1 Å². The molecule has 2 N–H and O–H groups in total. The van der Waals surface area contributed by atoms with Crippen molar-refractivity contribution in [1.82, 2.24) is 14.6 Å². The summed E-state index contributed by atoms with van der Waals surface area (Å²) in [6.45, 7) is 4.32. The maximum absolute atomic E-state index is 12.4. The molecule has 1 aromatic rings. The summed E-state index contributed by atoms with van der Waals surface area (Å²) in [4.78, 5) is 15.9. The van der Waals surface area contributed by atoms with Crippen molar-refractivity contribution in [1.29, 1.82) is 0 Å². The molecule has 0 bridgehead atoms. The average Bonchev–Trinajstić information content (AvgIpc) is 2.54. The number of urea groups is 1. The molecule has 1 fully saturated rings. The fourth-order valence-electron chi connectivity index (χ4n) is 2.60. The van der Waals surface area contributed by atoms with Crippen molar-refractivity contribution in [2.24, 2.45) is 0 Å². The van der Waals surface area contributed by atoms with Gasteiger partial charge in [0.25, 0.3) is 0 Å². The molecule has 1 saturated heterocycles. The summed E-state index contributed by atoms with van der Waals surface area (Å²) in [5.74, 6) is 0.103. The van der Waals surface area contributed by atoms with Gasteiger partial charge in [-0.15, -0.1) is 0 Å². The molecule has 25 heavy (non-hydrogen) atoms. The monoisotopic (exact) mass is 372 g/mol. The Kier molecular flexibility index (Phi) is 6.57. The molecule has 2 rings (SSSR count). The van der Waals surface area contributed by atoms with E-state index in [0.29, 0.717) is 18.8 Å². The standard InChI is InChI=1S/C15H24N4O5S/c1-11-9-19(10-12(2)24-11)25(21,22)8-7-17-15(20)18-13-5-4-6-16-14(13)23-3/h4-6,11-12H,7-10H2,1-3H3,(H2,17,18,20)/t11-,12-/m0/s1. The Hall–Kier alpha value is -1.91. The summed E-state index contributed by atoms with van der Waals surface area (Å²) < 4.78 is 36.8. The van der Waals surface area contributed by atoms with Crippen molar-refractivity contribution < 1.29 is 22.7 Å². The quantitative estimate of drug-likeness (QED) is 0.759. The zero-order valence-electron chi connectivity index (χ0n) is 14.6. The molecule has 1 aliphatic rings. The van der Waals surface area contributed by atoms with Crippen molar-refractivity contribution in [2.45, 2.75) is 26.1 Å². The van der Waals surface area contributed by atoms with E-state index in [1.165, 1.54) is 11.4 Å². The van der Waals surface area contributed by atoms with Crippen molar-refractivity contribution in [3.05, 3.63) is 18.3 Å². The van der Waals surface area contributed by atoms with Gasteiger partial charge in [0.2, 0.25) is 15.9 Å². The zero-order valence-corrected chi connectivity index (χ0v) is 15.4. The number of methoxy groups -OCH3 is 1. The smallest absolute Gasteiger partial charge is 0.319 e. The molecular formula is C15H24N4O5S. The van der Waals surface area contributed by atoms with Crippen LogP contribution in [0.4, 0.5) is 10.5 Å². The van der Waals surface area contributed by atoms with Crippen LogP contribution in [0.5, 0.6) is 5.88 Å². The van der Waals surface area contributed by atoms with Gasteiger partial charge in [0, 0.05) is 25.8 Å². The average molecular weight is 372 g/mol. The number of anilines is 1. The lowest BCUT2D eigenvalue weighted by atomic mass is 10.3. The Morgan fingerprint density at radius 1 is 1.40 bits per heavy atom. The van der Waals surface area contributed by atoms with Crippen LogP contribution in [0.1, 0.15) is 13.8 Å². The molecule has 1 aliphatic heterocycles. The van der Waals surface area contributed by atoms with Crippen LogP contribution < -0.4 is 15.4 Å². The number of carbonyl (C=O) groups excluding carboxylic acids is 1. The number of carbonyl (C=O) groups is 1. The summed E-state index contributed by atoms with van der Waals surface area (Å²) in [6, 6.07) is 2.77. The molecule has 0 spiro atoms. The molecule has 2 heterocycles. The maximum atomic E-state index is 12.4. The van der Waals surface area contributed by atoms with Crippen LogP contribution in [0.15, 0.2) is 18.3 Å². The lowest BCUT2D eigenvalue weighted by Crippen LogP contribution is -2.49. The Bertz CT molecular complexity index is 687. The van der Waals surface area contributed by atoms with E-state index in [4.69, 9.17) is 9.47 Å². The van der Waals surface area contributed by atoms with E-state index in [9.17, 15) is 13.2 Å². The second-order valence-electron chi connectivity index (χ2n) is 5.83. The van der Waals surface area contributed by atoms with Crippen LogP contribution >= 0.6 is 0 Å². The Labute approximate surface area is 147 Å². The molecule has 0 aromatic carbocycles. The molecule has 0 aliphatic carbocycles. The van der Waals surface area contributed by atoms with Gasteiger partial charge in [0.1, 0.15) is 5.69 Å². The largest absolute Gasteiger partial charge is 0.480 e. The highest BCUT2D eigenvalue weighted by molar-refractivity contribution is 7.89. The third kappa shape index (κ3) is 5.55. The highest BCUT2D eigenvalue weighted by Gasteiger charge is 2.30. The first kappa shape index (κ1) is 19.4. The van der Waals surface area contributed by atoms with Gasteiger partial charge in [-0.2, -0.15) is 4.31 Å². The van der Waals surface area contributed by atoms with Crippen LogP contribution in [0.25, 0.3) is 0 Å². The fraction of sp³-hybridized carbons (Fsp3) is 0.600. The van der Waals surface area contributed by atoms with E-state index in [1.54, 1.807) is 18.3 Å². The van der Waals surface area contributed by atoms with E-state index in [2.05, 4.69) is 15.6 Å². The predicted molar refractivity (Wildman–Crippen MR) is 93.2 cm³/mol. The number of nitrogens with zero attached hydrogens (tertiary/aromatic N) is 2. The van der Waals surface area contributed by atoms with Gasteiger partial charge in [-0.25, -0.2) is 18.2 Å². The van der Waals surface area contributed by atoms with E-state index in [-0.39, 0.29) is 30.4 Å². The number of sulfonamides is 1. The van der Waals surface area contributed by atoms with Gasteiger partial charge in [-0.1, -0.05) is 0 Å². The molecule has 0 unspecified atom stereocenters. The first-order valence-corrected chi connectivity index (χ1v) is 9.60. The topological polar surface area (TPSA) is 110 Å². The summed E-state index contributed by atoms with van der Waals surface area (Å²) in [5.41, 5.74) is 0.404. The second kappa shape index (κ2) is 8.45. The minimum atomic E-state index is -3.46. The first-order chi connectivity index (χ1) is 11.8. The number of hydrogen-bond acceptors (Lipinski definition) is 6. The molecule has 10 heteroatoms. The molecule has 9 nitrogen and oxygen atoms in total. The van der Waals surface area contributed by atoms with Crippen LogP contribution in [0, 0.1) is 0 Å². The van der Waals surface area contributed by atoms with Gasteiger partial charge in [-0.3, -0.25) is 0 Å². The fourth-order valence-corrected chi connectivity index (χ4v) is 4.09. The second-order valence-corrected chi connectivity index (χ2v) is 7.92. The van der Waals surface area contributed by atoms with E-state index >= 15 is 0 Å². The van der Waals surface area contributed by atoms with Crippen molar-refractivity contribution >= 4 is 21.7 Å². The number of amides is 2.